The molecule has 2 heterocycles. The molecule has 0 bridgehead atoms. The molecule has 1 atom stereocenters. The van der Waals surface area contributed by atoms with Crippen LogP contribution in [0.4, 0.5) is 0 Å². The van der Waals surface area contributed by atoms with Gasteiger partial charge in [0, 0.05) is 17.0 Å². The Labute approximate surface area is 97.6 Å². The summed E-state index contributed by atoms with van der Waals surface area (Å²) in [7, 11) is 0. The monoisotopic (exact) mass is 231 g/mol. The molecule has 3 aromatic rings. The summed E-state index contributed by atoms with van der Waals surface area (Å²) in [5, 5.41) is 11.6. The van der Waals surface area contributed by atoms with E-state index in [2.05, 4.69) is 0 Å². The van der Waals surface area contributed by atoms with E-state index in [1.54, 1.807) is 18.6 Å². The van der Waals surface area contributed by atoms with E-state index in [1.807, 2.05) is 13.0 Å². The highest BCUT2D eigenvalue weighted by atomic mass is 16.4. The number of rotatable bonds is 2. The largest absolute Gasteiger partial charge is 0.504 e. The minimum atomic E-state index is 0.0194. The van der Waals surface area contributed by atoms with Crippen molar-refractivity contribution in [1.29, 1.82) is 0 Å². The van der Waals surface area contributed by atoms with Crippen LogP contribution in [-0.2, 0) is 6.42 Å². The second kappa shape index (κ2) is 3.53. The molecule has 4 heteroatoms. The summed E-state index contributed by atoms with van der Waals surface area (Å²) in [5.74, 6) is 0.127. The molecule has 0 aliphatic rings. The molecule has 0 amide bonds. The van der Waals surface area contributed by atoms with Gasteiger partial charge in [0.1, 0.15) is 5.58 Å². The first kappa shape index (κ1) is 10.2. The van der Waals surface area contributed by atoms with Crippen molar-refractivity contribution < 1.29 is 13.9 Å². The molecule has 88 valence electrons. The second-order valence-electron chi connectivity index (χ2n) is 4.34. The molecule has 3 rings (SSSR count). The molecular weight excluding hydrogens is 218 g/mol. The van der Waals surface area contributed by atoms with E-state index in [0.717, 1.165) is 10.9 Å². The Morgan fingerprint density at radius 1 is 1.18 bits per heavy atom. The third-order valence-electron chi connectivity index (χ3n) is 2.93. The van der Waals surface area contributed by atoms with Crippen molar-refractivity contribution in [3.63, 3.8) is 0 Å². The highest BCUT2D eigenvalue weighted by Gasteiger charge is 2.18. The Balaban J connectivity index is 2.43. The van der Waals surface area contributed by atoms with Gasteiger partial charge in [-0.15, -0.1) is 0 Å². The number of phenols is 1. The standard InChI is InChI=1S/C13H13NO3/c1-7(14)6-10-8-2-4-17-13(8)11(15)9-3-5-16-12(9)10/h2-5,7,15H,6,14H2,1H3. The molecule has 4 nitrogen and oxygen atoms in total. The smallest absolute Gasteiger partial charge is 0.176 e. The lowest BCUT2D eigenvalue weighted by atomic mass is 10.0. The van der Waals surface area contributed by atoms with E-state index in [-0.39, 0.29) is 11.8 Å². The van der Waals surface area contributed by atoms with Crippen LogP contribution in [0.15, 0.2) is 33.5 Å². The van der Waals surface area contributed by atoms with E-state index in [9.17, 15) is 5.11 Å². The van der Waals surface area contributed by atoms with Gasteiger partial charge in [-0.3, -0.25) is 0 Å². The fraction of sp³-hybridized carbons (Fsp3) is 0.231. The van der Waals surface area contributed by atoms with Crippen LogP contribution in [0.2, 0.25) is 0 Å². The first-order valence-electron chi connectivity index (χ1n) is 5.52. The molecule has 0 saturated carbocycles. The maximum absolute atomic E-state index is 10.1. The maximum Gasteiger partial charge on any atom is 0.176 e. The van der Waals surface area contributed by atoms with E-state index in [4.69, 9.17) is 14.6 Å². The van der Waals surface area contributed by atoms with Crippen LogP contribution in [0.5, 0.6) is 5.75 Å². The van der Waals surface area contributed by atoms with E-state index < -0.39 is 0 Å². The molecule has 17 heavy (non-hydrogen) atoms. The van der Waals surface area contributed by atoms with Crippen molar-refractivity contribution in [2.45, 2.75) is 19.4 Å². The summed E-state index contributed by atoms with van der Waals surface area (Å²) < 4.78 is 10.8. The lowest BCUT2D eigenvalue weighted by molar-refractivity contribution is 0.470. The Hall–Kier alpha value is -1.94. The zero-order chi connectivity index (χ0) is 12.0. The predicted molar refractivity (Wildman–Crippen MR) is 65.0 cm³/mol. The molecule has 0 spiro atoms. The topological polar surface area (TPSA) is 72.5 Å². The van der Waals surface area contributed by atoms with Gasteiger partial charge in [-0.1, -0.05) is 0 Å². The highest BCUT2D eigenvalue weighted by Crippen LogP contribution is 2.38. The summed E-state index contributed by atoms with van der Waals surface area (Å²) in [6.45, 7) is 1.94. The molecule has 1 unspecified atom stereocenters. The van der Waals surface area contributed by atoms with Crippen molar-refractivity contribution in [3.8, 4) is 5.75 Å². The predicted octanol–water partition coefficient (Wildman–Crippen LogP) is 2.77. The SMILES string of the molecule is CC(N)Cc1c2ccoc2c(O)c2ccoc12. The highest BCUT2D eigenvalue weighted by molar-refractivity contribution is 6.03. The van der Waals surface area contributed by atoms with Crippen LogP contribution < -0.4 is 5.73 Å². The molecule has 0 fully saturated rings. The van der Waals surface area contributed by atoms with Crippen molar-refractivity contribution in [2.75, 3.05) is 0 Å². The zero-order valence-corrected chi connectivity index (χ0v) is 9.43. The van der Waals surface area contributed by atoms with Crippen molar-refractivity contribution in [1.82, 2.24) is 0 Å². The van der Waals surface area contributed by atoms with Gasteiger partial charge in [0.2, 0.25) is 0 Å². The van der Waals surface area contributed by atoms with Gasteiger partial charge in [-0.25, -0.2) is 0 Å². The first-order valence-corrected chi connectivity index (χ1v) is 5.52. The van der Waals surface area contributed by atoms with Gasteiger partial charge in [0.05, 0.1) is 17.9 Å². The summed E-state index contributed by atoms with van der Waals surface area (Å²) >= 11 is 0. The van der Waals surface area contributed by atoms with E-state index in [0.29, 0.717) is 23.0 Å². The van der Waals surface area contributed by atoms with Gasteiger partial charge in [-0.2, -0.15) is 0 Å². The van der Waals surface area contributed by atoms with Crippen LogP contribution in [0.25, 0.3) is 21.9 Å². The Bertz CT molecular complexity index is 627. The lowest BCUT2D eigenvalue weighted by Crippen LogP contribution is -2.18. The third kappa shape index (κ3) is 1.41. The summed E-state index contributed by atoms with van der Waals surface area (Å²) in [6.07, 6.45) is 3.81. The van der Waals surface area contributed by atoms with Crippen LogP contribution in [0.3, 0.4) is 0 Å². The summed E-state index contributed by atoms with van der Waals surface area (Å²) in [6, 6.07) is 3.58. The molecule has 0 radical (unpaired) electrons. The Morgan fingerprint density at radius 2 is 1.82 bits per heavy atom. The molecule has 3 N–H and O–H groups in total. The average Bonchev–Trinajstić information content (AvgIpc) is 2.92. The normalized spacial score (nSPS) is 13.5. The zero-order valence-electron chi connectivity index (χ0n) is 9.43. The summed E-state index contributed by atoms with van der Waals surface area (Å²) in [5.41, 5.74) is 8.02. The van der Waals surface area contributed by atoms with Gasteiger partial charge in [-0.05, 0) is 25.5 Å². The Morgan fingerprint density at radius 3 is 2.53 bits per heavy atom. The average molecular weight is 231 g/mol. The van der Waals surface area contributed by atoms with Crippen LogP contribution >= 0.6 is 0 Å². The number of furan rings is 2. The van der Waals surface area contributed by atoms with Gasteiger partial charge in [0.25, 0.3) is 0 Å². The number of hydrogen-bond acceptors (Lipinski definition) is 4. The molecule has 0 aliphatic carbocycles. The molecule has 1 aromatic carbocycles. The van der Waals surface area contributed by atoms with Crippen molar-refractivity contribution >= 4 is 21.9 Å². The van der Waals surface area contributed by atoms with Gasteiger partial charge in [0.15, 0.2) is 11.3 Å². The summed E-state index contributed by atoms with van der Waals surface area (Å²) in [4.78, 5) is 0. The minimum Gasteiger partial charge on any atom is -0.504 e. The van der Waals surface area contributed by atoms with Crippen molar-refractivity contribution in [2.24, 2.45) is 5.73 Å². The van der Waals surface area contributed by atoms with Crippen LogP contribution in [0, 0.1) is 0 Å². The molecular formula is C13H13NO3. The maximum atomic E-state index is 10.1. The number of fused-ring (bicyclic) bond motifs is 2. The third-order valence-corrected chi connectivity index (χ3v) is 2.93. The van der Waals surface area contributed by atoms with E-state index in [1.165, 1.54) is 0 Å². The molecule has 0 aliphatic heterocycles. The second-order valence-corrected chi connectivity index (χ2v) is 4.34. The van der Waals surface area contributed by atoms with E-state index >= 15 is 0 Å². The minimum absolute atomic E-state index is 0.0194. The number of nitrogens with two attached hydrogens (primary N) is 1. The molecule has 0 saturated heterocycles. The number of aromatic hydroxyl groups is 1. The molecule has 2 aromatic heterocycles. The number of hydrogen-bond donors (Lipinski definition) is 2. The number of benzene rings is 1. The fourth-order valence-electron chi connectivity index (χ4n) is 2.23. The van der Waals surface area contributed by atoms with Gasteiger partial charge >= 0.3 is 0 Å². The number of phenolic OH excluding ortho intramolecular Hbond substituents is 1. The van der Waals surface area contributed by atoms with Crippen LogP contribution in [0.1, 0.15) is 12.5 Å². The Kier molecular flexibility index (Phi) is 2.12. The quantitative estimate of drug-likeness (QED) is 0.711. The van der Waals surface area contributed by atoms with Crippen LogP contribution in [-0.4, -0.2) is 11.1 Å². The van der Waals surface area contributed by atoms with Gasteiger partial charge < -0.3 is 19.7 Å². The lowest BCUT2D eigenvalue weighted by Gasteiger charge is -2.08. The fourth-order valence-corrected chi connectivity index (χ4v) is 2.23. The van der Waals surface area contributed by atoms with Crippen molar-refractivity contribution in [3.05, 3.63) is 30.2 Å². The first-order chi connectivity index (χ1) is 8.18.